The molecule has 1 aromatic carbocycles. The first-order valence-electron chi connectivity index (χ1n) is 6.67. The molecule has 4 nitrogen and oxygen atoms in total. The van der Waals surface area contributed by atoms with E-state index in [9.17, 15) is 4.79 Å². The van der Waals surface area contributed by atoms with Crippen molar-refractivity contribution in [2.24, 2.45) is 5.92 Å². The molecule has 1 aliphatic heterocycles. The first-order chi connectivity index (χ1) is 9.22. The number of hydrogen-bond donors (Lipinski definition) is 0. The summed E-state index contributed by atoms with van der Waals surface area (Å²) in [6, 6.07) is 5.25. The molecule has 0 radical (unpaired) electrons. The minimum Gasteiger partial charge on any atom is -0.493 e. The average molecular weight is 263 g/mol. The molecule has 0 spiro atoms. The van der Waals surface area contributed by atoms with Crippen LogP contribution in [0, 0.1) is 5.92 Å². The minimum atomic E-state index is 0.564. The summed E-state index contributed by atoms with van der Waals surface area (Å²) in [7, 11) is 3.73. The number of carbonyl (C=O) groups is 1. The van der Waals surface area contributed by atoms with Crippen molar-refractivity contribution < 1.29 is 14.3 Å². The van der Waals surface area contributed by atoms with Gasteiger partial charge in [0.05, 0.1) is 13.7 Å². The molecule has 0 N–H and O–H groups in total. The number of hydrogen-bond acceptors (Lipinski definition) is 4. The van der Waals surface area contributed by atoms with E-state index in [0.717, 1.165) is 12.8 Å². The highest BCUT2D eigenvalue weighted by Crippen LogP contribution is 2.28. The van der Waals surface area contributed by atoms with Gasteiger partial charge < -0.3 is 14.4 Å². The molecule has 104 valence electrons. The zero-order chi connectivity index (χ0) is 13.7. The zero-order valence-corrected chi connectivity index (χ0v) is 11.6. The molecule has 0 aliphatic carbocycles. The molecular weight excluding hydrogens is 242 g/mol. The van der Waals surface area contributed by atoms with Crippen LogP contribution in [0.2, 0.25) is 0 Å². The van der Waals surface area contributed by atoms with Gasteiger partial charge >= 0.3 is 0 Å². The second kappa shape index (κ2) is 6.57. The van der Waals surface area contributed by atoms with Crippen LogP contribution in [0.5, 0.6) is 11.5 Å². The molecule has 1 fully saturated rings. The van der Waals surface area contributed by atoms with Gasteiger partial charge in [-0.2, -0.15) is 0 Å². The van der Waals surface area contributed by atoms with Gasteiger partial charge in [-0.05, 0) is 44.6 Å². The number of nitrogens with zero attached hydrogens (tertiary/aromatic N) is 1. The third kappa shape index (κ3) is 3.70. The first-order valence-corrected chi connectivity index (χ1v) is 6.67. The van der Waals surface area contributed by atoms with E-state index in [0.29, 0.717) is 29.6 Å². The molecule has 1 unspecified atom stereocenters. The Labute approximate surface area is 114 Å². The Morgan fingerprint density at radius 1 is 1.42 bits per heavy atom. The number of carbonyl (C=O) groups excluding carboxylic acids is 1. The number of benzene rings is 1. The monoisotopic (exact) mass is 263 g/mol. The molecular formula is C15H21NO3. The van der Waals surface area contributed by atoms with E-state index < -0.39 is 0 Å². The lowest BCUT2D eigenvalue weighted by molar-refractivity contribution is 0.112. The second-order valence-electron chi connectivity index (χ2n) is 5.11. The van der Waals surface area contributed by atoms with Gasteiger partial charge in [0.2, 0.25) is 0 Å². The largest absolute Gasteiger partial charge is 0.493 e. The fourth-order valence-corrected chi connectivity index (χ4v) is 2.49. The lowest BCUT2D eigenvalue weighted by Crippen LogP contribution is -2.34. The van der Waals surface area contributed by atoms with Gasteiger partial charge in [0, 0.05) is 18.0 Å². The standard InChI is InChI=1S/C15H21NO3/c1-16-7-3-4-13(9-16)11-19-14-6-5-12(10-17)8-15(14)18-2/h5-6,8,10,13H,3-4,7,9,11H2,1-2H3. The Balaban J connectivity index is 1.96. The van der Waals surface area contributed by atoms with Crippen LogP contribution in [0.15, 0.2) is 18.2 Å². The fraction of sp³-hybridized carbons (Fsp3) is 0.533. The van der Waals surface area contributed by atoms with Crippen LogP contribution in [0.3, 0.4) is 0 Å². The Morgan fingerprint density at radius 2 is 2.26 bits per heavy atom. The molecule has 19 heavy (non-hydrogen) atoms. The third-order valence-electron chi connectivity index (χ3n) is 3.52. The topological polar surface area (TPSA) is 38.8 Å². The van der Waals surface area contributed by atoms with E-state index in [-0.39, 0.29) is 0 Å². The second-order valence-corrected chi connectivity index (χ2v) is 5.11. The summed E-state index contributed by atoms with van der Waals surface area (Å²) < 4.78 is 11.1. The third-order valence-corrected chi connectivity index (χ3v) is 3.52. The predicted octanol–water partition coefficient (Wildman–Crippen LogP) is 2.23. The molecule has 1 atom stereocenters. The number of piperidine rings is 1. The van der Waals surface area contributed by atoms with E-state index in [1.807, 2.05) is 0 Å². The van der Waals surface area contributed by atoms with Crippen molar-refractivity contribution in [1.29, 1.82) is 0 Å². The van der Waals surface area contributed by atoms with Crippen LogP contribution in [0.4, 0.5) is 0 Å². The van der Waals surface area contributed by atoms with Crippen LogP contribution in [0.25, 0.3) is 0 Å². The molecule has 1 saturated heterocycles. The zero-order valence-electron chi connectivity index (χ0n) is 11.6. The summed E-state index contributed by atoms with van der Waals surface area (Å²) in [6.45, 7) is 2.95. The summed E-state index contributed by atoms with van der Waals surface area (Å²) >= 11 is 0. The van der Waals surface area contributed by atoms with Gasteiger partial charge in [-0.1, -0.05) is 0 Å². The number of methoxy groups -OCH3 is 1. The van der Waals surface area contributed by atoms with E-state index in [4.69, 9.17) is 9.47 Å². The van der Waals surface area contributed by atoms with Crippen molar-refractivity contribution in [1.82, 2.24) is 4.90 Å². The minimum absolute atomic E-state index is 0.564. The number of ether oxygens (including phenoxy) is 2. The SMILES string of the molecule is COc1cc(C=O)ccc1OCC1CCCN(C)C1. The van der Waals surface area contributed by atoms with Gasteiger partial charge in [0.1, 0.15) is 6.29 Å². The van der Waals surface area contributed by atoms with E-state index >= 15 is 0 Å². The molecule has 1 aromatic rings. The average Bonchev–Trinajstić information content (AvgIpc) is 2.45. The summed E-state index contributed by atoms with van der Waals surface area (Å²) in [6.07, 6.45) is 3.24. The van der Waals surface area contributed by atoms with E-state index in [1.165, 1.54) is 19.4 Å². The van der Waals surface area contributed by atoms with Crippen molar-refractivity contribution in [3.8, 4) is 11.5 Å². The summed E-state index contributed by atoms with van der Waals surface area (Å²) in [5.41, 5.74) is 0.599. The molecule has 1 aliphatic rings. The number of rotatable bonds is 5. The quantitative estimate of drug-likeness (QED) is 0.764. The molecule has 0 saturated carbocycles. The number of likely N-dealkylation sites (tertiary alicyclic amines) is 1. The van der Waals surface area contributed by atoms with Crippen molar-refractivity contribution in [3.63, 3.8) is 0 Å². The Bertz CT molecular complexity index is 433. The lowest BCUT2D eigenvalue weighted by atomic mass is 9.99. The highest BCUT2D eigenvalue weighted by Gasteiger charge is 2.18. The smallest absolute Gasteiger partial charge is 0.161 e. The van der Waals surface area contributed by atoms with Crippen molar-refractivity contribution in [2.45, 2.75) is 12.8 Å². The maximum atomic E-state index is 10.7. The molecule has 4 heteroatoms. The van der Waals surface area contributed by atoms with Crippen LogP contribution in [0.1, 0.15) is 23.2 Å². The normalized spacial score (nSPS) is 20.0. The lowest BCUT2D eigenvalue weighted by Gasteiger charge is -2.29. The van der Waals surface area contributed by atoms with Gasteiger partial charge in [0.25, 0.3) is 0 Å². The maximum absolute atomic E-state index is 10.7. The first kappa shape index (κ1) is 13.9. The Morgan fingerprint density at radius 3 is 2.95 bits per heavy atom. The van der Waals surface area contributed by atoms with Gasteiger partial charge in [-0.25, -0.2) is 0 Å². The molecule has 0 amide bonds. The molecule has 2 rings (SSSR count). The predicted molar refractivity (Wildman–Crippen MR) is 74.1 cm³/mol. The molecule has 1 heterocycles. The summed E-state index contributed by atoms with van der Waals surface area (Å²) in [5, 5.41) is 0. The number of aldehydes is 1. The highest BCUT2D eigenvalue weighted by atomic mass is 16.5. The molecule has 0 aromatic heterocycles. The van der Waals surface area contributed by atoms with Crippen molar-refractivity contribution in [3.05, 3.63) is 23.8 Å². The Kier molecular flexibility index (Phi) is 4.80. The maximum Gasteiger partial charge on any atom is 0.161 e. The highest BCUT2D eigenvalue weighted by molar-refractivity contribution is 5.76. The van der Waals surface area contributed by atoms with Crippen molar-refractivity contribution >= 4 is 6.29 Å². The van der Waals surface area contributed by atoms with Crippen LogP contribution >= 0.6 is 0 Å². The molecule has 0 bridgehead atoms. The fourth-order valence-electron chi connectivity index (χ4n) is 2.49. The van der Waals surface area contributed by atoms with E-state index in [1.54, 1.807) is 25.3 Å². The van der Waals surface area contributed by atoms with E-state index in [2.05, 4.69) is 11.9 Å². The summed E-state index contributed by atoms with van der Waals surface area (Å²) in [4.78, 5) is 13.1. The van der Waals surface area contributed by atoms with Gasteiger partial charge in [-0.15, -0.1) is 0 Å². The van der Waals surface area contributed by atoms with Gasteiger partial charge in [-0.3, -0.25) is 4.79 Å². The summed E-state index contributed by atoms with van der Waals surface area (Å²) in [5.74, 6) is 1.89. The Hall–Kier alpha value is -1.55. The van der Waals surface area contributed by atoms with Crippen LogP contribution in [-0.2, 0) is 0 Å². The van der Waals surface area contributed by atoms with Crippen LogP contribution < -0.4 is 9.47 Å². The van der Waals surface area contributed by atoms with Gasteiger partial charge in [0.15, 0.2) is 11.5 Å². The van der Waals surface area contributed by atoms with Crippen molar-refractivity contribution in [2.75, 3.05) is 33.9 Å². The van der Waals surface area contributed by atoms with Crippen LogP contribution in [-0.4, -0.2) is 45.0 Å².